The first-order valence-electron chi connectivity index (χ1n) is 8.79. The molecule has 0 aliphatic carbocycles. The van der Waals surface area contributed by atoms with E-state index in [1.807, 2.05) is 37.3 Å². The minimum absolute atomic E-state index is 0.229. The highest BCUT2D eigenvalue weighted by Gasteiger charge is 2.31. The van der Waals surface area contributed by atoms with Crippen molar-refractivity contribution in [3.63, 3.8) is 0 Å². The Balaban J connectivity index is 1.77. The molecule has 0 radical (unpaired) electrons. The van der Waals surface area contributed by atoms with E-state index in [1.54, 1.807) is 19.2 Å². The van der Waals surface area contributed by atoms with Gasteiger partial charge in [-0.1, -0.05) is 23.7 Å². The molecule has 1 aliphatic heterocycles. The lowest BCUT2D eigenvalue weighted by molar-refractivity contribution is -0.119. The third kappa shape index (κ3) is 3.05. The molecule has 1 N–H and O–H groups in total. The number of aryl methyl sites for hydroxylation is 1. The van der Waals surface area contributed by atoms with Crippen LogP contribution in [0.25, 0.3) is 10.9 Å². The zero-order valence-corrected chi connectivity index (χ0v) is 16.2. The first-order chi connectivity index (χ1) is 13.5. The number of benzene rings is 2. The fourth-order valence-corrected chi connectivity index (χ4v) is 3.82. The minimum atomic E-state index is -0.271. The van der Waals surface area contributed by atoms with Gasteiger partial charge in [0.25, 0.3) is 5.56 Å². The molecule has 142 valence electrons. The summed E-state index contributed by atoms with van der Waals surface area (Å²) in [6.45, 7) is 1.87. The average Bonchev–Trinajstić information content (AvgIpc) is 3.12. The van der Waals surface area contributed by atoms with Crippen molar-refractivity contribution < 1.29 is 9.53 Å². The highest BCUT2D eigenvalue weighted by atomic mass is 35.5. The second kappa shape index (κ2) is 7.13. The van der Waals surface area contributed by atoms with Crippen LogP contribution >= 0.6 is 11.6 Å². The second-order valence-electron chi connectivity index (χ2n) is 6.67. The van der Waals surface area contributed by atoms with E-state index in [2.05, 4.69) is 10.1 Å². The Labute approximate surface area is 166 Å². The number of hydrogen-bond acceptors (Lipinski definition) is 4. The Morgan fingerprint density at radius 2 is 2.00 bits per heavy atom. The quantitative estimate of drug-likeness (QED) is 0.682. The van der Waals surface area contributed by atoms with Crippen LogP contribution in [0.4, 0.5) is 0 Å². The molecule has 1 aromatic heterocycles. The molecule has 2 aromatic carbocycles. The molecule has 0 saturated heterocycles. The molecule has 6 nitrogen and oxygen atoms in total. The van der Waals surface area contributed by atoms with Crippen molar-refractivity contribution in [1.82, 2.24) is 9.99 Å². The van der Waals surface area contributed by atoms with Crippen LogP contribution in [0.2, 0.25) is 5.02 Å². The third-order valence-electron chi connectivity index (χ3n) is 5.08. The van der Waals surface area contributed by atoms with Crippen molar-refractivity contribution in [2.24, 2.45) is 5.10 Å². The van der Waals surface area contributed by atoms with Gasteiger partial charge in [0.05, 0.1) is 24.4 Å². The van der Waals surface area contributed by atoms with Crippen molar-refractivity contribution in [3.8, 4) is 5.75 Å². The van der Waals surface area contributed by atoms with Gasteiger partial charge in [0.1, 0.15) is 5.75 Å². The van der Waals surface area contributed by atoms with Gasteiger partial charge in [-0.2, -0.15) is 5.10 Å². The highest BCUT2D eigenvalue weighted by Crippen LogP contribution is 2.33. The zero-order chi connectivity index (χ0) is 19.8. The van der Waals surface area contributed by atoms with Gasteiger partial charge in [-0.15, -0.1) is 0 Å². The molecule has 1 amide bonds. The molecule has 0 bridgehead atoms. The number of aromatic amines is 1. The summed E-state index contributed by atoms with van der Waals surface area (Å²) in [5.74, 6) is 0.735. The number of carbonyl (C=O) groups excluding carboxylic acids is 1. The van der Waals surface area contributed by atoms with Crippen LogP contribution in [0.3, 0.4) is 0 Å². The van der Waals surface area contributed by atoms with Crippen molar-refractivity contribution >= 4 is 34.6 Å². The van der Waals surface area contributed by atoms with E-state index < -0.39 is 0 Å². The number of carbonyl (C=O) groups is 1. The summed E-state index contributed by atoms with van der Waals surface area (Å²) in [6, 6.07) is 12.5. The number of nitrogens with zero attached hydrogens (tertiary/aromatic N) is 2. The van der Waals surface area contributed by atoms with Gasteiger partial charge in [0.2, 0.25) is 6.41 Å². The van der Waals surface area contributed by atoms with Crippen LogP contribution in [0.1, 0.15) is 29.2 Å². The van der Waals surface area contributed by atoms with Gasteiger partial charge in [0.15, 0.2) is 0 Å². The van der Waals surface area contributed by atoms with Crippen LogP contribution in [0, 0.1) is 6.92 Å². The Hall–Kier alpha value is -3.12. The number of H-pyrrole nitrogens is 1. The Bertz CT molecular complexity index is 1150. The monoisotopic (exact) mass is 395 g/mol. The lowest BCUT2D eigenvalue weighted by Gasteiger charge is -2.17. The Morgan fingerprint density at radius 3 is 2.68 bits per heavy atom. The number of fused-ring (bicyclic) bond motifs is 1. The molecule has 4 rings (SSSR count). The topological polar surface area (TPSA) is 74.8 Å². The Morgan fingerprint density at radius 1 is 1.25 bits per heavy atom. The summed E-state index contributed by atoms with van der Waals surface area (Å²) in [6.07, 6.45) is 1.13. The third-order valence-corrected chi connectivity index (χ3v) is 5.31. The number of pyridine rings is 1. The number of hydrazone groups is 1. The summed E-state index contributed by atoms with van der Waals surface area (Å²) in [7, 11) is 1.60. The molecule has 2 heterocycles. The first kappa shape index (κ1) is 18.3. The van der Waals surface area contributed by atoms with E-state index in [4.69, 9.17) is 16.3 Å². The second-order valence-corrected chi connectivity index (χ2v) is 7.11. The summed E-state index contributed by atoms with van der Waals surface area (Å²) in [5, 5.41) is 7.23. The minimum Gasteiger partial charge on any atom is -0.497 e. The van der Waals surface area contributed by atoms with Gasteiger partial charge in [-0.05, 0) is 48.4 Å². The van der Waals surface area contributed by atoms with E-state index in [0.717, 1.165) is 22.3 Å². The zero-order valence-electron chi connectivity index (χ0n) is 15.4. The lowest BCUT2D eigenvalue weighted by Crippen LogP contribution is -2.20. The van der Waals surface area contributed by atoms with E-state index in [9.17, 15) is 9.59 Å². The number of rotatable bonds is 4. The number of nitrogens with one attached hydrogen (secondary N) is 1. The number of amides is 1. The van der Waals surface area contributed by atoms with Gasteiger partial charge < -0.3 is 9.72 Å². The SMILES string of the molecule is COc1ccc(C2CC(c3c(C)c4cc(Cl)ccc4[nH]c3=O)=NN2C=O)cc1. The number of hydrogen-bond donors (Lipinski definition) is 1. The van der Waals surface area contributed by atoms with Crippen molar-refractivity contribution in [3.05, 3.63) is 74.5 Å². The fourth-order valence-electron chi connectivity index (χ4n) is 3.65. The standard InChI is InChI=1S/C21H18ClN3O3/c1-12-16-9-14(22)5-8-17(16)23-21(27)20(12)18-10-19(25(11-26)24-18)13-3-6-15(28-2)7-4-13/h3-9,11,19H,10H2,1-2H3,(H,23,27). The summed E-state index contributed by atoms with van der Waals surface area (Å²) >= 11 is 6.13. The van der Waals surface area contributed by atoms with Crippen LogP contribution in [-0.2, 0) is 4.79 Å². The normalized spacial score (nSPS) is 16.3. The van der Waals surface area contributed by atoms with Crippen LogP contribution < -0.4 is 10.3 Å². The van der Waals surface area contributed by atoms with Crippen molar-refractivity contribution in [1.29, 1.82) is 0 Å². The largest absolute Gasteiger partial charge is 0.497 e. The first-order valence-corrected chi connectivity index (χ1v) is 9.17. The summed E-state index contributed by atoms with van der Waals surface area (Å²) < 4.78 is 5.19. The molecular weight excluding hydrogens is 378 g/mol. The number of ether oxygens (including phenoxy) is 1. The molecule has 28 heavy (non-hydrogen) atoms. The average molecular weight is 396 g/mol. The molecule has 1 aliphatic rings. The molecule has 0 fully saturated rings. The molecule has 7 heteroatoms. The smallest absolute Gasteiger partial charge is 0.257 e. The van der Waals surface area contributed by atoms with Crippen molar-refractivity contribution in [2.75, 3.05) is 7.11 Å². The lowest BCUT2D eigenvalue weighted by atomic mass is 9.95. The van der Waals surface area contributed by atoms with Gasteiger partial charge in [-0.25, -0.2) is 5.01 Å². The van der Waals surface area contributed by atoms with E-state index >= 15 is 0 Å². The fraction of sp³-hybridized carbons (Fsp3) is 0.190. The van der Waals surface area contributed by atoms with Gasteiger partial charge in [-0.3, -0.25) is 9.59 Å². The predicted octanol–water partition coefficient (Wildman–Crippen LogP) is 3.81. The predicted molar refractivity (Wildman–Crippen MR) is 109 cm³/mol. The molecule has 1 unspecified atom stereocenters. The molecule has 0 saturated carbocycles. The van der Waals surface area contributed by atoms with Crippen molar-refractivity contribution in [2.45, 2.75) is 19.4 Å². The van der Waals surface area contributed by atoms with E-state index in [1.165, 1.54) is 5.01 Å². The summed E-state index contributed by atoms with van der Waals surface area (Å²) in [5.41, 5.74) is 3.26. The van der Waals surface area contributed by atoms with Crippen LogP contribution in [-0.4, -0.2) is 29.2 Å². The molecular formula is C21H18ClN3O3. The van der Waals surface area contributed by atoms with Gasteiger partial charge >= 0.3 is 0 Å². The molecule has 3 aromatic rings. The van der Waals surface area contributed by atoms with Crippen LogP contribution in [0.5, 0.6) is 5.75 Å². The Kier molecular flexibility index (Phi) is 4.65. The highest BCUT2D eigenvalue weighted by molar-refractivity contribution is 6.31. The molecule has 0 spiro atoms. The maximum absolute atomic E-state index is 12.8. The maximum Gasteiger partial charge on any atom is 0.257 e. The maximum atomic E-state index is 12.8. The van der Waals surface area contributed by atoms with Gasteiger partial charge in [0, 0.05) is 22.3 Å². The molecule has 1 atom stereocenters. The number of halogens is 1. The number of methoxy groups -OCH3 is 1. The van der Waals surface area contributed by atoms with E-state index in [0.29, 0.717) is 34.6 Å². The number of aromatic nitrogens is 1. The van der Waals surface area contributed by atoms with Crippen LogP contribution in [0.15, 0.2) is 52.4 Å². The summed E-state index contributed by atoms with van der Waals surface area (Å²) in [4.78, 5) is 27.3. The van der Waals surface area contributed by atoms with E-state index in [-0.39, 0.29) is 11.6 Å².